The summed E-state index contributed by atoms with van der Waals surface area (Å²) in [4.78, 5) is 4.33. The Morgan fingerprint density at radius 2 is 2.06 bits per heavy atom. The summed E-state index contributed by atoms with van der Waals surface area (Å²) in [7, 11) is 0. The van der Waals surface area contributed by atoms with Crippen LogP contribution in [0.15, 0.2) is 47.1 Å². The smallest absolute Gasteiger partial charge is 0.140 e. The number of aromatic nitrogens is 1. The molecule has 2 nitrogen and oxygen atoms in total. The van der Waals surface area contributed by atoms with Gasteiger partial charge < -0.3 is 5.32 Å². The monoisotopic (exact) mass is 324 g/mol. The molecule has 0 amide bonds. The largest absolute Gasteiger partial charge is 0.367 e. The van der Waals surface area contributed by atoms with E-state index in [0.29, 0.717) is 6.54 Å². The van der Waals surface area contributed by atoms with Crippen molar-refractivity contribution in [2.45, 2.75) is 12.3 Å². The molecule has 0 aliphatic carbocycles. The summed E-state index contributed by atoms with van der Waals surface area (Å²) in [5.74, 6) is 0.821. The number of alkyl halides is 1. The second-order valence-corrected chi connectivity index (χ2v) is 5.48. The fourth-order valence-corrected chi connectivity index (χ4v) is 2.46. The Balaban J connectivity index is 1.99. The molecule has 2 rings (SSSR count). The summed E-state index contributed by atoms with van der Waals surface area (Å²) in [6, 6.07) is 12.0. The summed E-state index contributed by atoms with van der Waals surface area (Å²) in [5.41, 5.74) is 2.23. The highest BCUT2D eigenvalue weighted by atomic mass is 79.9. The lowest BCUT2D eigenvalue weighted by molar-refractivity contribution is 0.964. The van der Waals surface area contributed by atoms with Crippen LogP contribution in [-0.4, -0.2) is 11.5 Å². The minimum atomic E-state index is -0.0683. The van der Waals surface area contributed by atoms with E-state index in [1.807, 2.05) is 49.5 Å². The van der Waals surface area contributed by atoms with Crippen LogP contribution in [-0.2, 0) is 0 Å². The summed E-state index contributed by atoms with van der Waals surface area (Å²) in [5, 5.41) is 3.18. The molecule has 2 aromatic rings. The zero-order valence-corrected chi connectivity index (χ0v) is 12.4. The van der Waals surface area contributed by atoms with Crippen LogP contribution in [0.25, 0.3) is 0 Å². The Kier molecular flexibility index (Phi) is 4.61. The highest BCUT2D eigenvalue weighted by molar-refractivity contribution is 9.10. The molecule has 0 saturated heterocycles. The molecule has 18 heavy (non-hydrogen) atoms. The van der Waals surface area contributed by atoms with Crippen LogP contribution in [0.5, 0.6) is 0 Å². The molecule has 0 fully saturated rings. The van der Waals surface area contributed by atoms with E-state index in [9.17, 15) is 0 Å². The van der Waals surface area contributed by atoms with Crippen LogP contribution in [0.1, 0.15) is 16.5 Å². The van der Waals surface area contributed by atoms with Gasteiger partial charge in [0.05, 0.1) is 9.85 Å². The maximum atomic E-state index is 6.33. The van der Waals surface area contributed by atoms with E-state index in [-0.39, 0.29) is 5.38 Å². The van der Waals surface area contributed by atoms with E-state index in [2.05, 4.69) is 26.2 Å². The van der Waals surface area contributed by atoms with Crippen molar-refractivity contribution in [3.63, 3.8) is 0 Å². The molecule has 0 aliphatic rings. The molecule has 0 radical (unpaired) electrons. The molecular formula is C14H14BrClN2. The van der Waals surface area contributed by atoms with Gasteiger partial charge in [-0.25, -0.2) is 4.98 Å². The molecule has 4 heteroatoms. The van der Waals surface area contributed by atoms with E-state index in [4.69, 9.17) is 11.6 Å². The number of hydrogen-bond donors (Lipinski definition) is 1. The molecule has 0 bridgehead atoms. The average molecular weight is 326 g/mol. The fraction of sp³-hybridized carbons (Fsp3) is 0.214. The maximum absolute atomic E-state index is 6.33. The highest BCUT2D eigenvalue weighted by Crippen LogP contribution is 2.24. The third kappa shape index (κ3) is 3.47. The third-order valence-corrected chi connectivity index (χ3v) is 3.60. The number of nitrogens with one attached hydrogen (secondary N) is 1. The summed E-state index contributed by atoms with van der Waals surface area (Å²) < 4.78 is 0.958. The molecule has 1 N–H and O–H groups in total. The number of aryl methyl sites for hydroxylation is 1. The van der Waals surface area contributed by atoms with Crippen LogP contribution in [0, 0.1) is 6.92 Å². The SMILES string of the molecule is Cc1cnc(NCC(Cl)c2ccccc2)c(Br)c1. The number of pyridine rings is 1. The molecule has 1 aromatic carbocycles. The Labute approximate surface area is 121 Å². The number of halogens is 2. The van der Waals surface area contributed by atoms with Crippen molar-refractivity contribution in [3.05, 3.63) is 58.2 Å². The minimum absolute atomic E-state index is 0.0683. The van der Waals surface area contributed by atoms with Gasteiger partial charge in [0, 0.05) is 12.7 Å². The van der Waals surface area contributed by atoms with Gasteiger partial charge in [-0.15, -0.1) is 11.6 Å². The van der Waals surface area contributed by atoms with Gasteiger partial charge in [-0.2, -0.15) is 0 Å². The number of benzene rings is 1. The van der Waals surface area contributed by atoms with Gasteiger partial charge in [0.15, 0.2) is 0 Å². The number of hydrogen-bond acceptors (Lipinski definition) is 2. The first kappa shape index (κ1) is 13.4. The Morgan fingerprint density at radius 1 is 1.33 bits per heavy atom. The molecule has 1 atom stereocenters. The van der Waals surface area contributed by atoms with Crippen molar-refractivity contribution in [3.8, 4) is 0 Å². The summed E-state index contributed by atoms with van der Waals surface area (Å²) in [6.07, 6.45) is 1.83. The molecule has 1 heterocycles. The highest BCUT2D eigenvalue weighted by Gasteiger charge is 2.08. The fourth-order valence-electron chi connectivity index (χ4n) is 1.63. The van der Waals surface area contributed by atoms with Crippen LogP contribution in [0.4, 0.5) is 5.82 Å². The normalized spacial score (nSPS) is 12.2. The molecule has 94 valence electrons. The number of rotatable bonds is 4. The van der Waals surface area contributed by atoms with Crippen molar-refractivity contribution in [1.82, 2.24) is 4.98 Å². The Bertz CT molecular complexity index is 516. The first-order chi connectivity index (χ1) is 8.66. The molecule has 0 spiro atoms. The van der Waals surface area contributed by atoms with Gasteiger partial charge in [-0.3, -0.25) is 0 Å². The van der Waals surface area contributed by atoms with Gasteiger partial charge in [0.25, 0.3) is 0 Å². The number of anilines is 1. The van der Waals surface area contributed by atoms with E-state index in [1.165, 1.54) is 0 Å². The van der Waals surface area contributed by atoms with Gasteiger partial charge in [-0.1, -0.05) is 30.3 Å². The third-order valence-electron chi connectivity index (χ3n) is 2.59. The van der Waals surface area contributed by atoms with Crippen LogP contribution in [0.3, 0.4) is 0 Å². The van der Waals surface area contributed by atoms with Gasteiger partial charge >= 0.3 is 0 Å². The first-order valence-electron chi connectivity index (χ1n) is 5.72. The Morgan fingerprint density at radius 3 is 2.72 bits per heavy atom. The number of nitrogens with zero attached hydrogens (tertiary/aromatic N) is 1. The summed E-state index contributed by atoms with van der Waals surface area (Å²) in [6.45, 7) is 2.65. The lowest BCUT2D eigenvalue weighted by Crippen LogP contribution is -2.09. The lowest BCUT2D eigenvalue weighted by atomic mass is 10.1. The van der Waals surface area contributed by atoms with E-state index in [0.717, 1.165) is 21.4 Å². The van der Waals surface area contributed by atoms with E-state index >= 15 is 0 Å². The summed E-state index contributed by atoms with van der Waals surface area (Å²) >= 11 is 9.82. The second-order valence-electron chi connectivity index (χ2n) is 4.10. The van der Waals surface area contributed by atoms with Crippen LogP contribution >= 0.6 is 27.5 Å². The molecule has 0 saturated carbocycles. The zero-order valence-electron chi connectivity index (χ0n) is 10.0. The topological polar surface area (TPSA) is 24.9 Å². The van der Waals surface area contributed by atoms with Crippen molar-refractivity contribution in [2.24, 2.45) is 0 Å². The quantitative estimate of drug-likeness (QED) is 0.835. The standard InChI is InChI=1S/C14H14BrClN2/c1-10-7-12(15)14(17-8-10)18-9-13(16)11-5-3-2-4-6-11/h2-8,13H,9H2,1H3,(H,17,18). The van der Waals surface area contributed by atoms with Crippen molar-refractivity contribution in [2.75, 3.05) is 11.9 Å². The van der Waals surface area contributed by atoms with Crippen molar-refractivity contribution in [1.29, 1.82) is 0 Å². The zero-order chi connectivity index (χ0) is 13.0. The minimum Gasteiger partial charge on any atom is -0.367 e. The van der Waals surface area contributed by atoms with Gasteiger partial charge in [0.1, 0.15) is 5.82 Å². The van der Waals surface area contributed by atoms with Crippen LogP contribution < -0.4 is 5.32 Å². The van der Waals surface area contributed by atoms with E-state index in [1.54, 1.807) is 0 Å². The van der Waals surface area contributed by atoms with Gasteiger partial charge in [0.2, 0.25) is 0 Å². The van der Waals surface area contributed by atoms with Gasteiger partial charge in [-0.05, 0) is 40.0 Å². The maximum Gasteiger partial charge on any atom is 0.140 e. The predicted octanol–water partition coefficient (Wildman–Crippen LogP) is 4.54. The Hall–Kier alpha value is -1.06. The first-order valence-corrected chi connectivity index (χ1v) is 6.95. The second kappa shape index (κ2) is 6.21. The molecular weight excluding hydrogens is 312 g/mol. The lowest BCUT2D eigenvalue weighted by Gasteiger charge is -2.12. The van der Waals surface area contributed by atoms with E-state index < -0.39 is 0 Å². The van der Waals surface area contributed by atoms with Crippen molar-refractivity contribution < 1.29 is 0 Å². The molecule has 1 unspecified atom stereocenters. The predicted molar refractivity (Wildman–Crippen MR) is 80.2 cm³/mol. The van der Waals surface area contributed by atoms with Crippen molar-refractivity contribution >= 4 is 33.3 Å². The molecule has 1 aromatic heterocycles. The van der Waals surface area contributed by atoms with Crippen LogP contribution in [0.2, 0.25) is 0 Å². The molecule has 0 aliphatic heterocycles. The average Bonchev–Trinajstić information content (AvgIpc) is 2.38.